The van der Waals surface area contributed by atoms with Crippen LogP contribution in [-0.4, -0.2) is 96.7 Å². The summed E-state index contributed by atoms with van der Waals surface area (Å²) in [5, 5.41) is 10.7. The fraction of sp³-hybridized carbons (Fsp3) is 0.952. The number of phosphoric ester groups is 2. The maximum Gasteiger partial charge on any atom is 0.472 e. The predicted molar refractivity (Wildman–Crippen MR) is 423 cm³/mol. The number of rotatable bonds is 84. The van der Waals surface area contributed by atoms with Gasteiger partial charge in [0.2, 0.25) is 0 Å². The molecule has 17 nitrogen and oxygen atoms in total. The van der Waals surface area contributed by atoms with Gasteiger partial charge < -0.3 is 33.8 Å². The third-order valence-corrected chi connectivity index (χ3v) is 21.7. The maximum absolute atomic E-state index is 13.1. The summed E-state index contributed by atoms with van der Waals surface area (Å²) in [4.78, 5) is 73.2. The van der Waals surface area contributed by atoms with Crippen LogP contribution in [-0.2, 0) is 65.4 Å². The summed E-state index contributed by atoms with van der Waals surface area (Å²) in [6, 6.07) is 0. The van der Waals surface area contributed by atoms with Crippen LogP contribution in [0.2, 0.25) is 0 Å². The van der Waals surface area contributed by atoms with Crippen LogP contribution in [0.25, 0.3) is 0 Å². The molecule has 0 rings (SSSR count). The molecule has 0 aliphatic rings. The molecule has 0 amide bonds. The molecule has 0 aromatic rings. The minimum Gasteiger partial charge on any atom is -0.462 e. The highest BCUT2D eigenvalue weighted by Crippen LogP contribution is 2.45. The highest BCUT2D eigenvalue weighted by atomic mass is 31.2. The van der Waals surface area contributed by atoms with Gasteiger partial charge in [-0.2, -0.15) is 0 Å². The van der Waals surface area contributed by atoms with Gasteiger partial charge >= 0.3 is 39.5 Å². The Morgan fingerprint density at radius 3 is 0.660 bits per heavy atom. The molecule has 0 fully saturated rings. The summed E-state index contributed by atoms with van der Waals surface area (Å²) in [5.74, 6) is -1.36. The third-order valence-electron chi connectivity index (χ3n) is 19.8. The van der Waals surface area contributed by atoms with E-state index in [4.69, 9.17) is 37.0 Å². The number of carbonyl (C=O) groups is 4. The molecule has 19 heteroatoms. The van der Waals surface area contributed by atoms with Crippen molar-refractivity contribution in [1.29, 1.82) is 0 Å². The lowest BCUT2D eigenvalue weighted by atomic mass is 10.0. The molecular weight excluding hydrogens is 1340 g/mol. The van der Waals surface area contributed by atoms with Crippen molar-refractivity contribution in [2.24, 2.45) is 5.92 Å². The second-order valence-electron chi connectivity index (χ2n) is 30.7. The van der Waals surface area contributed by atoms with E-state index >= 15 is 0 Å². The van der Waals surface area contributed by atoms with Crippen LogP contribution >= 0.6 is 15.6 Å². The van der Waals surface area contributed by atoms with Crippen molar-refractivity contribution in [2.45, 2.75) is 470 Å². The van der Waals surface area contributed by atoms with Gasteiger partial charge in [-0.1, -0.05) is 401 Å². The number of ether oxygens (including phenoxy) is 4. The molecule has 0 saturated heterocycles. The number of phosphoric acid groups is 2. The number of carbonyl (C=O) groups excluding carboxylic acids is 4. The smallest absolute Gasteiger partial charge is 0.462 e. The van der Waals surface area contributed by atoms with E-state index in [-0.39, 0.29) is 25.7 Å². The van der Waals surface area contributed by atoms with E-state index in [1.807, 2.05) is 0 Å². The molecule has 0 aliphatic heterocycles. The first-order valence-electron chi connectivity index (χ1n) is 43.6. The number of unbranched alkanes of at least 4 members (excludes halogenated alkanes) is 56. The second kappa shape index (κ2) is 76.8. The van der Waals surface area contributed by atoms with Gasteiger partial charge in [0.25, 0.3) is 0 Å². The van der Waals surface area contributed by atoms with E-state index in [9.17, 15) is 43.2 Å². The average molecular weight is 1510 g/mol. The van der Waals surface area contributed by atoms with E-state index in [0.29, 0.717) is 25.7 Å². The Balaban J connectivity index is 5.25. The van der Waals surface area contributed by atoms with Gasteiger partial charge in [-0.3, -0.25) is 37.3 Å². The second-order valence-corrected chi connectivity index (χ2v) is 33.6. The molecule has 3 N–H and O–H groups in total. The minimum atomic E-state index is -4.96. The number of aliphatic hydroxyl groups is 1. The first-order chi connectivity index (χ1) is 50.0. The van der Waals surface area contributed by atoms with Crippen LogP contribution in [0, 0.1) is 5.92 Å². The van der Waals surface area contributed by atoms with Crippen LogP contribution in [0.3, 0.4) is 0 Å². The monoisotopic (exact) mass is 1510 g/mol. The first-order valence-corrected chi connectivity index (χ1v) is 46.6. The van der Waals surface area contributed by atoms with Crippen molar-refractivity contribution in [2.75, 3.05) is 39.6 Å². The summed E-state index contributed by atoms with van der Waals surface area (Å²) < 4.78 is 68.9. The molecule has 0 spiro atoms. The standard InChI is InChI=1S/C84H164O17P2/c1-6-9-12-15-18-21-24-27-30-32-33-35-38-41-44-49-55-60-65-70-84(89)100-79(73-94-81(86)67-62-57-52-47-42-39-37-34-31-28-25-22-19-16-13-10-7-2)75-98-102(90,91)96-71-78(85)72-97-103(92,93)99-76-80(74-95-82(87)68-63-58-53-50-45-46-51-56-61-66-77(4)5)101-83(88)69-64-59-54-48-43-40-36-29-26-23-20-17-14-11-8-3/h77-80,85H,6-76H2,1-5H3,(H,90,91)(H,92,93)/t78-,79-,80-/m1/s1. The zero-order chi connectivity index (χ0) is 75.5. The van der Waals surface area contributed by atoms with Gasteiger partial charge in [0, 0.05) is 25.7 Å². The highest BCUT2D eigenvalue weighted by molar-refractivity contribution is 7.47. The van der Waals surface area contributed by atoms with Crippen LogP contribution in [0.5, 0.6) is 0 Å². The number of hydrogen-bond donors (Lipinski definition) is 3. The van der Waals surface area contributed by atoms with Gasteiger partial charge in [0.1, 0.15) is 19.3 Å². The van der Waals surface area contributed by atoms with Crippen molar-refractivity contribution in [3.8, 4) is 0 Å². The Labute approximate surface area is 632 Å². The van der Waals surface area contributed by atoms with E-state index in [1.54, 1.807) is 0 Å². The number of aliphatic hydroxyl groups excluding tert-OH is 1. The molecule has 0 aromatic carbocycles. The third kappa shape index (κ3) is 78.0. The van der Waals surface area contributed by atoms with Gasteiger partial charge in [-0.15, -0.1) is 0 Å². The molecule has 0 heterocycles. The van der Waals surface area contributed by atoms with Crippen molar-refractivity contribution >= 4 is 39.5 Å². The zero-order valence-electron chi connectivity index (χ0n) is 67.5. The summed E-state index contributed by atoms with van der Waals surface area (Å²) in [5.41, 5.74) is 0. The minimum absolute atomic E-state index is 0.108. The fourth-order valence-corrected chi connectivity index (χ4v) is 14.7. The Morgan fingerprint density at radius 1 is 0.262 bits per heavy atom. The van der Waals surface area contributed by atoms with Gasteiger partial charge in [-0.25, -0.2) is 9.13 Å². The van der Waals surface area contributed by atoms with Crippen molar-refractivity contribution < 1.29 is 80.2 Å². The Bertz CT molecular complexity index is 1960. The van der Waals surface area contributed by atoms with Crippen LogP contribution in [0.4, 0.5) is 0 Å². The lowest BCUT2D eigenvalue weighted by molar-refractivity contribution is -0.161. The van der Waals surface area contributed by atoms with Crippen molar-refractivity contribution in [3.05, 3.63) is 0 Å². The first kappa shape index (κ1) is 101. The molecule has 612 valence electrons. The predicted octanol–water partition coefficient (Wildman–Crippen LogP) is 25.6. The van der Waals surface area contributed by atoms with Crippen molar-refractivity contribution in [3.63, 3.8) is 0 Å². The lowest BCUT2D eigenvalue weighted by Gasteiger charge is -2.21. The zero-order valence-corrected chi connectivity index (χ0v) is 69.3. The Hall–Kier alpha value is -1.94. The topological polar surface area (TPSA) is 237 Å². The molecule has 0 aliphatic carbocycles. The molecule has 0 saturated carbocycles. The molecule has 5 atom stereocenters. The molecule has 0 bridgehead atoms. The van der Waals surface area contributed by atoms with Crippen LogP contribution < -0.4 is 0 Å². The molecule has 0 radical (unpaired) electrons. The average Bonchev–Trinajstić information content (AvgIpc) is 0.917. The molecule has 103 heavy (non-hydrogen) atoms. The van der Waals surface area contributed by atoms with Gasteiger partial charge in [0.15, 0.2) is 12.2 Å². The summed E-state index contributed by atoms with van der Waals surface area (Å²) in [7, 11) is -9.92. The fourth-order valence-electron chi connectivity index (χ4n) is 13.1. The maximum atomic E-state index is 13.1. The van der Waals surface area contributed by atoms with E-state index in [1.165, 1.54) is 276 Å². The summed E-state index contributed by atoms with van der Waals surface area (Å²) >= 11 is 0. The van der Waals surface area contributed by atoms with Crippen molar-refractivity contribution in [1.82, 2.24) is 0 Å². The highest BCUT2D eigenvalue weighted by Gasteiger charge is 2.30. The normalized spacial score (nSPS) is 13.8. The Morgan fingerprint density at radius 2 is 0.447 bits per heavy atom. The largest absolute Gasteiger partial charge is 0.472 e. The molecule has 0 aromatic heterocycles. The van der Waals surface area contributed by atoms with Crippen LogP contribution in [0.1, 0.15) is 452 Å². The lowest BCUT2D eigenvalue weighted by Crippen LogP contribution is -2.30. The molecule has 2 unspecified atom stereocenters. The van der Waals surface area contributed by atoms with E-state index < -0.39 is 97.5 Å². The summed E-state index contributed by atoms with van der Waals surface area (Å²) in [6.07, 6.45) is 69.3. The van der Waals surface area contributed by atoms with Gasteiger partial charge in [-0.05, 0) is 31.6 Å². The SMILES string of the molecule is CCCCCCCCCCCCCCCCCCCCCC(=O)O[C@H](COC(=O)CCCCCCCCCCCCCCCCCCC)COP(=O)(O)OC[C@@H](O)COP(=O)(O)OC[C@@H](COC(=O)CCCCCCCCCCCC(C)C)OC(=O)CCCCCCCCCCCCCCCCC. The van der Waals surface area contributed by atoms with E-state index in [0.717, 1.165) is 95.8 Å². The Kier molecular flexibility index (Phi) is 75.4. The number of esters is 4. The molecular formula is C84H164O17P2. The summed E-state index contributed by atoms with van der Waals surface area (Å²) in [6.45, 7) is 7.34. The van der Waals surface area contributed by atoms with Crippen LogP contribution in [0.15, 0.2) is 0 Å². The van der Waals surface area contributed by atoms with E-state index in [2.05, 4.69) is 34.6 Å². The quantitative estimate of drug-likeness (QED) is 0.0222. The number of hydrogen-bond acceptors (Lipinski definition) is 15. The van der Waals surface area contributed by atoms with Gasteiger partial charge in [0.05, 0.1) is 26.4 Å².